The topological polar surface area (TPSA) is 82.3 Å². The number of hydrogen-bond donors (Lipinski definition) is 2. The van der Waals surface area contributed by atoms with Gasteiger partial charge in [0.05, 0.1) is 6.04 Å². The van der Waals surface area contributed by atoms with Crippen LogP contribution in [0.4, 0.5) is 0 Å². The highest BCUT2D eigenvalue weighted by Crippen LogP contribution is 2.19. The Morgan fingerprint density at radius 2 is 2.00 bits per heavy atom. The van der Waals surface area contributed by atoms with Gasteiger partial charge in [0.15, 0.2) is 0 Å². The van der Waals surface area contributed by atoms with Gasteiger partial charge in [-0.25, -0.2) is 0 Å². The molecule has 0 unspecified atom stereocenters. The molecular weight excluding hydrogens is 330 g/mol. The second-order valence-corrected chi connectivity index (χ2v) is 7.00. The number of nitrogens with zero attached hydrogens (tertiary/aromatic N) is 1. The quantitative estimate of drug-likeness (QED) is 0.873. The molecule has 0 spiro atoms. The molecule has 1 saturated heterocycles. The van der Waals surface area contributed by atoms with E-state index in [-0.39, 0.29) is 29.5 Å². The zero-order valence-electron chi connectivity index (χ0n) is 14.5. The number of fused-ring (bicyclic) bond motifs is 1. The molecule has 2 N–H and O–H groups in total. The van der Waals surface area contributed by atoms with Crippen LogP contribution in [0.1, 0.15) is 40.0 Å². The fourth-order valence-corrected chi connectivity index (χ4v) is 3.77. The summed E-state index contributed by atoms with van der Waals surface area (Å²) in [6.07, 6.45) is 3.01. The van der Waals surface area contributed by atoms with Gasteiger partial charge in [0, 0.05) is 25.2 Å². The van der Waals surface area contributed by atoms with Crippen molar-refractivity contribution in [2.45, 2.75) is 38.3 Å². The second kappa shape index (κ2) is 6.78. The molecule has 2 aliphatic rings. The number of benzene rings is 1. The largest absolute Gasteiger partial charge is 0.347 e. The molecule has 1 aliphatic carbocycles. The van der Waals surface area contributed by atoms with Gasteiger partial charge in [-0.05, 0) is 36.5 Å². The van der Waals surface area contributed by atoms with Crippen molar-refractivity contribution in [2.75, 3.05) is 6.54 Å². The Balaban J connectivity index is 1.43. The number of rotatable bonds is 4. The number of hydrogen-bond acceptors (Lipinski definition) is 3. The van der Waals surface area contributed by atoms with Crippen molar-refractivity contribution in [1.29, 1.82) is 0 Å². The monoisotopic (exact) mass is 351 g/mol. The molecule has 26 heavy (non-hydrogen) atoms. The lowest BCUT2D eigenvalue weighted by atomic mass is 10.1. The van der Waals surface area contributed by atoms with Crippen LogP contribution >= 0.6 is 0 Å². The first-order valence-corrected chi connectivity index (χ1v) is 8.98. The van der Waals surface area contributed by atoms with E-state index in [1.54, 1.807) is 11.0 Å². The van der Waals surface area contributed by atoms with Crippen LogP contribution in [0.3, 0.4) is 0 Å². The number of aromatic amines is 1. The van der Waals surface area contributed by atoms with Crippen LogP contribution in [-0.4, -0.2) is 34.3 Å². The zero-order valence-corrected chi connectivity index (χ0v) is 14.5. The number of carbonyl (C=O) groups excluding carboxylic acids is 2. The van der Waals surface area contributed by atoms with Gasteiger partial charge < -0.3 is 15.2 Å². The summed E-state index contributed by atoms with van der Waals surface area (Å²) in [5.41, 5.74) is 2.83. The van der Waals surface area contributed by atoms with Gasteiger partial charge in [-0.1, -0.05) is 30.3 Å². The molecule has 2 heterocycles. The van der Waals surface area contributed by atoms with Gasteiger partial charge >= 0.3 is 0 Å². The molecule has 1 atom stereocenters. The summed E-state index contributed by atoms with van der Waals surface area (Å²) in [5.74, 6) is -0.387. The fourth-order valence-electron chi connectivity index (χ4n) is 3.77. The molecule has 134 valence electrons. The second-order valence-electron chi connectivity index (χ2n) is 7.00. The van der Waals surface area contributed by atoms with Crippen LogP contribution in [0.5, 0.6) is 0 Å². The lowest BCUT2D eigenvalue weighted by Crippen LogP contribution is -2.39. The number of likely N-dealkylation sites (tertiary alicyclic amines) is 1. The third-order valence-electron chi connectivity index (χ3n) is 5.10. The maximum atomic E-state index is 12.5. The Hall–Kier alpha value is -2.89. The average molecular weight is 351 g/mol. The Morgan fingerprint density at radius 1 is 1.19 bits per heavy atom. The Labute approximate surface area is 151 Å². The smallest absolute Gasteiger partial charge is 0.261 e. The highest BCUT2D eigenvalue weighted by atomic mass is 16.2. The van der Waals surface area contributed by atoms with Crippen LogP contribution in [0.15, 0.2) is 41.2 Å². The van der Waals surface area contributed by atoms with E-state index in [0.717, 1.165) is 36.1 Å². The lowest BCUT2D eigenvalue weighted by molar-refractivity contribution is -0.128. The number of carbonyl (C=O) groups is 2. The molecule has 0 radical (unpaired) electrons. The molecule has 0 saturated carbocycles. The van der Waals surface area contributed by atoms with Gasteiger partial charge in [0.2, 0.25) is 5.91 Å². The van der Waals surface area contributed by atoms with Crippen LogP contribution in [0.25, 0.3) is 0 Å². The third-order valence-corrected chi connectivity index (χ3v) is 5.10. The maximum absolute atomic E-state index is 12.5. The summed E-state index contributed by atoms with van der Waals surface area (Å²) in [7, 11) is 0. The Morgan fingerprint density at radius 3 is 2.81 bits per heavy atom. The summed E-state index contributed by atoms with van der Waals surface area (Å²) in [6.45, 7) is 0.994. The standard InChI is InChI=1S/C20H21N3O3/c24-18-10-15(12-23(18)11-13-5-2-1-3-6-13)21-19(25)16-9-14-7-4-8-17(14)22-20(16)26/h1-3,5-6,9,15H,4,7-8,10-12H2,(H,21,25)(H,22,26)/t15-/m1/s1. The van der Waals surface area contributed by atoms with Crippen LogP contribution in [0, 0.1) is 0 Å². The predicted octanol–water partition coefficient (Wildman–Crippen LogP) is 1.39. The zero-order chi connectivity index (χ0) is 18.1. The molecule has 1 aromatic carbocycles. The van der Waals surface area contributed by atoms with E-state index >= 15 is 0 Å². The SMILES string of the molecule is O=C(N[C@@H]1CC(=O)N(Cc2ccccc2)C1)c1cc2c([nH]c1=O)CCC2. The highest BCUT2D eigenvalue weighted by molar-refractivity contribution is 5.95. The number of pyridine rings is 1. The van der Waals surface area contributed by atoms with Gasteiger partial charge in [-0.15, -0.1) is 0 Å². The summed E-state index contributed by atoms with van der Waals surface area (Å²) in [5, 5.41) is 2.85. The van der Waals surface area contributed by atoms with Crippen LogP contribution in [0.2, 0.25) is 0 Å². The van der Waals surface area contributed by atoms with Crippen molar-refractivity contribution in [3.05, 3.63) is 69.1 Å². The van der Waals surface area contributed by atoms with Crippen molar-refractivity contribution in [2.24, 2.45) is 0 Å². The molecule has 1 aliphatic heterocycles. The van der Waals surface area contributed by atoms with E-state index in [1.807, 2.05) is 30.3 Å². The first-order chi connectivity index (χ1) is 12.6. The minimum absolute atomic E-state index is 0.0158. The number of aryl methyl sites for hydroxylation is 2. The summed E-state index contributed by atoms with van der Waals surface area (Å²) in [6, 6.07) is 11.2. The summed E-state index contributed by atoms with van der Waals surface area (Å²) < 4.78 is 0. The predicted molar refractivity (Wildman–Crippen MR) is 96.8 cm³/mol. The molecule has 6 nitrogen and oxygen atoms in total. The van der Waals surface area contributed by atoms with Gasteiger partial charge in [0.25, 0.3) is 11.5 Å². The molecule has 1 aromatic heterocycles. The highest BCUT2D eigenvalue weighted by Gasteiger charge is 2.31. The number of aromatic nitrogens is 1. The van der Waals surface area contributed by atoms with Crippen molar-refractivity contribution >= 4 is 11.8 Å². The molecule has 2 amide bonds. The van der Waals surface area contributed by atoms with E-state index in [4.69, 9.17) is 0 Å². The molecule has 0 bridgehead atoms. The van der Waals surface area contributed by atoms with Crippen molar-refractivity contribution in [3.63, 3.8) is 0 Å². The fraction of sp³-hybridized carbons (Fsp3) is 0.350. The molecule has 4 rings (SSSR count). The van der Waals surface area contributed by atoms with E-state index < -0.39 is 5.91 Å². The van der Waals surface area contributed by atoms with Gasteiger partial charge in [-0.2, -0.15) is 0 Å². The van der Waals surface area contributed by atoms with Crippen molar-refractivity contribution in [3.8, 4) is 0 Å². The number of amides is 2. The molecule has 6 heteroatoms. The molecule has 1 fully saturated rings. The van der Waals surface area contributed by atoms with E-state index in [1.165, 1.54) is 0 Å². The normalized spacial score (nSPS) is 18.8. The number of H-pyrrole nitrogens is 1. The maximum Gasteiger partial charge on any atom is 0.261 e. The first-order valence-electron chi connectivity index (χ1n) is 8.98. The minimum atomic E-state index is -0.402. The third kappa shape index (κ3) is 3.27. The van der Waals surface area contributed by atoms with E-state index in [0.29, 0.717) is 13.1 Å². The molecule has 2 aromatic rings. The Bertz CT molecular complexity index is 904. The Kier molecular flexibility index (Phi) is 4.32. The molecular formula is C20H21N3O3. The van der Waals surface area contributed by atoms with Gasteiger partial charge in [0.1, 0.15) is 5.56 Å². The van der Waals surface area contributed by atoms with E-state index in [2.05, 4.69) is 10.3 Å². The van der Waals surface area contributed by atoms with Gasteiger partial charge in [-0.3, -0.25) is 14.4 Å². The van der Waals surface area contributed by atoms with Crippen LogP contribution < -0.4 is 10.9 Å². The summed E-state index contributed by atoms with van der Waals surface area (Å²) >= 11 is 0. The first kappa shape index (κ1) is 16.6. The summed E-state index contributed by atoms with van der Waals surface area (Å²) in [4.78, 5) is 41.5. The van der Waals surface area contributed by atoms with Crippen molar-refractivity contribution < 1.29 is 9.59 Å². The van der Waals surface area contributed by atoms with E-state index in [9.17, 15) is 14.4 Å². The lowest BCUT2D eigenvalue weighted by Gasteiger charge is -2.17. The average Bonchev–Trinajstić information content (AvgIpc) is 3.21. The minimum Gasteiger partial charge on any atom is -0.347 e. The van der Waals surface area contributed by atoms with Crippen LogP contribution in [-0.2, 0) is 24.2 Å². The van der Waals surface area contributed by atoms with Crippen molar-refractivity contribution in [1.82, 2.24) is 15.2 Å². The number of nitrogens with one attached hydrogen (secondary N) is 2.